The van der Waals surface area contributed by atoms with Gasteiger partial charge in [-0.3, -0.25) is 9.59 Å². The number of aliphatic carboxylic acids is 1. The molecule has 0 bridgehead atoms. The minimum absolute atomic E-state index is 0.0186. The standard InChI is InChI=1S/C43H69NO7/c1-6-8-10-12-14-16-17-18-19-20-21-22-23-24-26-28-30-32-34-42(46)51-39(37-49-36-35-40(43(47)48)44(3,4)5)38-50-41(45)33-31-29-27-25-15-13-11-9-7-2/h9,11,14-22,25,29,31,39-40H,6-8,10,12-13,23-24,26-28,30,32-38H2,1-5H3/p+1/b11-9+,16-14+,18-17+,20-19+,22-21+,25-15+,31-29+. The van der Waals surface area contributed by atoms with Gasteiger partial charge in [-0.05, 0) is 51.4 Å². The van der Waals surface area contributed by atoms with Crippen LogP contribution in [0.5, 0.6) is 0 Å². The van der Waals surface area contributed by atoms with E-state index in [2.05, 4.69) is 74.6 Å². The number of likely N-dealkylation sites (N-methyl/N-ethyl adjacent to an activating group) is 1. The van der Waals surface area contributed by atoms with Crippen LogP contribution in [0.15, 0.2) is 85.1 Å². The first kappa shape index (κ1) is 47.5. The molecule has 0 aromatic carbocycles. The van der Waals surface area contributed by atoms with E-state index in [-0.39, 0.29) is 43.1 Å². The summed E-state index contributed by atoms with van der Waals surface area (Å²) < 4.78 is 17.0. The molecule has 0 radical (unpaired) electrons. The number of unbranched alkanes of at least 4 members (excludes halogenated alkanes) is 8. The minimum atomic E-state index is -0.895. The molecule has 0 fully saturated rings. The number of hydrogen-bond donors (Lipinski definition) is 1. The number of hydrogen-bond acceptors (Lipinski definition) is 6. The third-order valence-corrected chi connectivity index (χ3v) is 7.91. The van der Waals surface area contributed by atoms with Crippen molar-refractivity contribution in [3.8, 4) is 0 Å². The van der Waals surface area contributed by atoms with Crippen LogP contribution < -0.4 is 0 Å². The molecule has 0 aromatic heterocycles. The van der Waals surface area contributed by atoms with Crippen LogP contribution in [0.1, 0.15) is 117 Å². The van der Waals surface area contributed by atoms with E-state index >= 15 is 0 Å². The van der Waals surface area contributed by atoms with Crippen molar-refractivity contribution in [2.45, 2.75) is 129 Å². The van der Waals surface area contributed by atoms with Crippen LogP contribution >= 0.6 is 0 Å². The number of allylic oxidation sites excluding steroid dienone is 13. The number of nitrogens with zero attached hydrogens (tertiary/aromatic N) is 1. The van der Waals surface area contributed by atoms with Crippen LogP contribution in [0, 0.1) is 0 Å². The third kappa shape index (κ3) is 32.2. The van der Waals surface area contributed by atoms with E-state index in [0.717, 1.165) is 64.2 Å². The molecular weight excluding hydrogens is 642 g/mol. The minimum Gasteiger partial charge on any atom is -0.477 e. The number of carbonyl (C=O) groups excluding carboxylic acids is 2. The molecule has 8 heteroatoms. The second kappa shape index (κ2) is 33.6. The van der Waals surface area contributed by atoms with Crippen LogP contribution in [0.3, 0.4) is 0 Å². The zero-order valence-corrected chi connectivity index (χ0v) is 32.5. The first-order chi connectivity index (χ1) is 24.6. The molecule has 1 N–H and O–H groups in total. The maximum Gasteiger partial charge on any atom is 0.362 e. The third-order valence-electron chi connectivity index (χ3n) is 7.91. The average Bonchev–Trinajstić information content (AvgIpc) is 3.08. The van der Waals surface area contributed by atoms with Gasteiger partial charge in [0.1, 0.15) is 6.61 Å². The van der Waals surface area contributed by atoms with Gasteiger partial charge in [-0.15, -0.1) is 0 Å². The Labute approximate surface area is 310 Å². The molecule has 8 nitrogen and oxygen atoms in total. The molecule has 51 heavy (non-hydrogen) atoms. The van der Waals surface area contributed by atoms with E-state index in [1.165, 1.54) is 19.3 Å². The fraction of sp³-hybridized carbons (Fsp3) is 0.605. The molecule has 288 valence electrons. The SMILES string of the molecule is CC/C=C/C/C=C/C/C=C/CC(=O)OCC(COCCC(C(=O)O)[N+](C)(C)C)OC(=O)CCCCCCC/C=C/C=C/C=C/C=C/CCCCC. The number of esters is 2. The van der Waals surface area contributed by atoms with Gasteiger partial charge in [-0.2, -0.15) is 0 Å². The van der Waals surface area contributed by atoms with Gasteiger partial charge in [0.2, 0.25) is 0 Å². The van der Waals surface area contributed by atoms with Gasteiger partial charge in [-0.1, -0.05) is 131 Å². The number of quaternary nitrogens is 1. The van der Waals surface area contributed by atoms with Crippen molar-refractivity contribution in [1.82, 2.24) is 0 Å². The van der Waals surface area contributed by atoms with Crippen LogP contribution in [0.25, 0.3) is 0 Å². The second-order valence-corrected chi connectivity index (χ2v) is 13.6. The molecule has 0 rings (SSSR count). The first-order valence-corrected chi connectivity index (χ1v) is 19.2. The van der Waals surface area contributed by atoms with Gasteiger partial charge < -0.3 is 23.8 Å². The molecule has 0 saturated heterocycles. The van der Waals surface area contributed by atoms with Crippen molar-refractivity contribution in [3.05, 3.63) is 85.1 Å². The Morgan fingerprint density at radius 3 is 1.82 bits per heavy atom. The van der Waals surface area contributed by atoms with E-state index in [1.54, 1.807) is 6.08 Å². The van der Waals surface area contributed by atoms with E-state index in [9.17, 15) is 19.5 Å². The summed E-state index contributed by atoms with van der Waals surface area (Å²) in [7, 11) is 5.47. The molecule has 0 aliphatic carbocycles. The Balaban J connectivity index is 4.54. The molecule has 2 atom stereocenters. The Morgan fingerprint density at radius 1 is 0.647 bits per heavy atom. The highest BCUT2D eigenvalue weighted by Crippen LogP contribution is 2.11. The van der Waals surface area contributed by atoms with Crippen molar-refractivity contribution in [3.63, 3.8) is 0 Å². The zero-order chi connectivity index (χ0) is 37.8. The lowest BCUT2D eigenvalue weighted by molar-refractivity contribution is -0.887. The van der Waals surface area contributed by atoms with Gasteiger partial charge in [0, 0.05) is 12.8 Å². The summed E-state index contributed by atoms with van der Waals surface area (Å²) in [4.78, 5) is 36.7. The quantitative estimate of drug-likeness (QED) is 0.0244. The first-order valence-electron chi connectivity index (χ1n) is 19.2. The molecule has 0 aliphatic rings. The van der Waals surface area contributed by atoms with Crippen molar-refractivity contribution < 1.29 is 38.2 Å². The van der Waals surface area contributed by atoms with Gasteiger partial charge in [0.05, 0.1) is 40.8 Å². The summed E-state index contributed by atoms with van der Waals surface area (Å²) in [6.45, 7) is 4.40. The second-order valence-electron chi connectivity index (χ2n) is 13.6. The maximum absolute atomic E-state index is 12.6. The average molecular weight is 713 g/mol. The van der Waals surface area contributed by atoms with Crippen molar-refractivity contribution in [2.75, 3.05) is 41.0 Å². The number of carboxylic acids is 1. The number of carbonyl (C=O) groups is 3. The van der Waals surface area contributed by atoms with Crippen molar-refractivity contribution >= 4 is 17.9 Å². The topological polar surface area (TPSA) is 99.1 Å². The van der Waals surface area contributed by atoms with Crippen molar-refractivity contribution in [1.29, 1.82) is 0 Å². The van der Waals surface area contributed by atoms with Crippen LogP contribution in [0.2, 0.25) is 0 Å². The van der Waals surface area contributed by atoms with Gasteiger partial charge >= 0.3 is 17.9 Å². The predicted octanol–water partition coefficient (Wildman–Crippen LogP) is 9.79. The number of rotatable bonds is 32. The van der Waals surface area contributed by atoms with Crippen LogP contribution in [-0.2, 0) is 28.6 Å². The van der Waals surface area contributed by atoms with Gasteiger partial charge in [0.25, 0.3) is 0 Å². The Hall–Kier alpha value is -3.49. The van der Waals surface area contributed by atoms with E-state index in [0.29, 0.717) is 6.42 Å². The number of ether oxygens (including phenoxy) is 3. The molecule has 0 amide bonds. The molecule has 0 spiro atoms. The Morgan fingerprint density at radius 2 is 1.22 bits per heavy atom. The monoisotopic (exact) mass is 713 g/mol. The summed E-state index contributed by atoms with van der Waals surface area (Å²) in [5.74, 6) is -1.67. The molecular formula is C43H70NO7+. The van der Waals surface area contributed by atoms with E-state index < -0.39 is 24.1 Å². The molecule has 0 saturated carbocycles. The predicted molar refractivity (Wildman–Crippen MR) is 210 cm³/mol. The Kier molecular flexibility index (Phi) is 31.3. The van der Waals surface area contributed by atoms with Crippen LogP contribution in [-0.4, -0.2) is 80.6 Å². The lowest BCUT2D eigenvalue weighted by Gasteiger charge is -2.31. The van der Waals surface area contributed by atoms with E-state index in [1.807, 2.05) is 39.4 Å². The lowest BCUT2D eigenvalue weighted by atomic mass is 10.1. The highest BCUT2D eigenvalue weighted by Gasteiger charge is 2.31. The lowest BCUT2D eigenvalue weighted by Crippen LogP contribution is -2.50. The summed E-state index contributed by atoms with van der Waals surface area (Å²) in [6, 6.07) is -0.633. The smallest absolute Gasteiger partial charge is 0.362 e. The maximum atomic E-state index is 12.6. The summed E-state index contributed by atoms with van der Waals surface area (Å²) in [5, 5.41) is 9.57. The summed E-state index contributed by atoms with van der Waals surface area (Å²) >= 11 is 0. The summed E-state index contributed by atoms with van der Waals surface area (Å²) in [5.41, 5.74) is 0. The Bertz CT molecular complexity index is 1110. The van der Waals surface area contributed by atoms with Gasteiger partial charge in [0.15, 0.2) is 12.1 Å². The molecule has 0 aromatic rings. The highest BCUT2D eigenvalue weighted by atomic mass is 16.6. The van der Waals surface area contributed by atoms with Crippen molar-refractivity contribution in [2.24, 2.45) is 0 Å². The molecule has 0 heterocycles. The largest absolute Gasteiger partial charge is 0.477 e. The summed E-state index contributed by atoms with van der Waals surface area (Å²) in [6.07, 6.45) is 42.3. The fourth-order valence-corrected chi connectivity index (χ4v) is 4.93. The van der Waals surface area contributed by atoms with E-state index in [4.69, 9.17) is 14.2 Å². The molecule has 0 aliphatic heterocycles. The number of carboxylic acid groups (broad SMARTS) is 1. The zero-order valence-electron chi connectivity index (χ0n) is 32.5. The fourth-order valence-electron chi connectivity index (χ4n) is 4.93. The highest BCUT2D eigenvalue weighted by molar-refractivity contribution is 5.72. The van der Waals surface area contributed by atoms with Gasteiger partial charge in [-0.25, -0.2) is 4.79 Å². The van der Waals surface area contributed by atoms with Crippen LogP contribution in [0.4, 0.5) is 0 Å². The molecule has 2 unspecified atom stereocenters. The normalized spacial score (nSPS) is 14.0.